The minimum atomic E-state index is 0. The van der Waals surface area contributed by atoms with E-state index in [1.54, 1.807) is 7.11 Å². The van der Waals surface area contributed by atoms with E-state index in [-0.39, 0.29) is 24.0 Å². The van der Waals surface area contributed by atoms with Gasteiger partial charge >= 0.3 is 0 Å². The summed E-state index contributed by atoms with van der Waals surface area (Å²) in [6.45, 7) is 7.29. The predicted octanol–water partition coefficient (Wildman–Crippen LogP) is 2.91. The van der Waals surface area contributed by atoms with Crippen LogP contribution >= 0.6 is 24.0 Å². The van der Waals surface area contributed by atoms with Gasteiger partial charge in [0.1, 0.15) is 0 Å². The van der Waals surface area contributed by atoms with Crippen molar-refractivity contribution in [1.82, 2.24) is 10.2 Å². The summed E-state index contributed by atoms with van der Waals surface area (Å²) in [5, 5.41) is 3.30. The van der Waals surface area contributed by atoms with Gasteiger partial charge in [-0.15, -0.1) is 24.0 Å². The molecule has 0 radical (unpaired) electrons. The molecule has 0 amide bonds. The van der Waals surface area contributed by atoms with Crippen molar-refractivity contribution in [3.05, 3.63) is 35.4 Å². The van der Waals surface area contributed by atoms with Crippen molar-refractivity contribution < 1.29 is 4.74 Å². The Morgan fingerprint density at radius 3 is 2.33 bits per heavy atom. The summed E-state index contributed by atoms with van der Waals surface area (Å²) < 4.78 is 5.04. The van der Waals surface area contributed by atoms with E-state index in [4.69, 9.17) is 4.74 Å². The van der Waals surface area contributed by atoms with Crippen molar-refractivity contribution in [2.75, 3.05) is 33.9 Å². The number of aryl methyl sites for hydroxylation is 1. The van der Waals surface area contributed by atoms with Gasteiger partial charge in [0.15, 0.2) is 5.96 Å². The van der Waals surface area contributed by atoms with E-state index in [1.807, 2.05) is 0 Å². The van der Waals surface area contributed by atoms with Crippen LogP contribution in [0.4, 0.5) is 0 Å². The first-order chi connectivity index (χ1) is 9.71. The van der Waals surface area contributed by atoms with Crippen molar-refractivity contribution in [2.24, 2.45) is 4.99 Å². The monoisotopic (exact) mass is 405 g/mol. The van der Waals surface area contributed by atoms with E-state index in [0.29, 0.717) is 13.2 Å². The molecule has 0 saturated carbocycles. The molecule has 0 aromatic heterocycles. The molecular formula is C16H28IN3O. The third-order valence-corrected chi connectivity index (χ3v) is 3.10. The molecule has 0 aliphatic rings. The molecule has 1 N–H and O–H groups in total. The summed E-state index contributed by atoms with van der Waals surface area (Å²) in [6, 6.07) is 8.76. The standard InChI is InChI=1S/C16H27N3O.HI/c1-5-14-7-9-15(10-8-14)13-19(3)16(17-6-2)18-11-12-20-4;/h7-10H,5-6,11-13H2,1-4H3,(H,17,18);1H. The highest BCUT2D eigenvalue weighted by Crippen LogP contribution is 2.07. The highest BCUT2D eigenvalue weighted by atomic mass is 127. The van der Waals surface area contributed by atoms with Crippen molar-refractivity contribution in [3.8, 4) is 0 Å². The first kappa shape index (κ1) is 20.2. The van der Waals surface area contributed by atoms with Crippen LogP contribution in [0.5, 0.6) is 0 Å². The molecule has 120 valence electrons. The lowest BCUT2D eigenvalue weighted by atomic mass is 10.1. The van der Waals surface area contributed by atoms with Crippen LogP contribution in [0.25, 0.3) is 0 Å². The van der Waals surface area contributed by atoms with Crippen LogP contribution in [0.2, 0.25) is 0 Å². The van der Waals surface area contributed by atoms with Gasteiger partial charge < -0.3 is 15.0 Å². The van der Waals surface area contributed by atoms with Gasteiger partial charge in [-0.1, -0.05) is 31.2 Å². The van der Waals surface area contributed by atoms with Crippen LogP contribution in [-0.4, -0.2) is 44.7 Å². The number of methoxy groups -OCH3 is 1. The zero-order valence-electron chi connectivity index (χ0n) is 13.6. The third-order valence-electron chi connectivity index (χ3n) is 3.10. The van der Waals surface area contributed by atoms with E-state index in [9.17, 15) is 0 Å². The van der Waals surface area contributed by atoms with E-state index in [1.165, 1.54) is 11.1 Å². The third kappa shape index (κ3) is 7.66. The summed E-state index contributed by atoms with van der Waals surface area (Å²) >= 11 is 0. The second kappa shape index (κ2) is 11.8. The molecule has 0 aliphatic heterocycles. The van der Waals surface area contributed by atoms with Crippen LogP contribution in [0.1, 0.15) is 25.0 Å². The molecule has 1 aromatic rings. The van der Waals surface area contributed by atoms with Gasteiger partial charge in [-0.25, -0.2) is 0 Å². The molecule has 0 atom stereocenters. The fraction of sp³-hybridized carbons (Fsp3) is 0.562. The van der Waals surface area contributed by atoms with Gasteiger partial charge in [0.25, 0.3) is 0 Å². The largest absolute Gasteiger partial charge is 0.383 e. The predicted molar refractivity (Wildman–Crippen MR) is 101 cm³/mol. The normalized spacial score (nSPS) is 11.0. The second-order valence-corrected chi connectivity index (χ2v) is 4.75. The lowest BCUT2D eigenvalue weighted by Gasteiger charge is -2.22. The maximum atomic E-state index is 5.04. The number of rotatable bonds is 7. The van der Waals surface area contributed by atoms with Crippen LogP contribution < -0.4 is 5.32 Å². The van der Waals surface area contributed by atoms with E-state index in [0.717, 1.165) is 25.5 Å². The second-order valence-electron chi connectivity index (χ2n) is 4.75. The molecule has 4 nitrogen and oxygen atoms in total. The van der Waals surface area contributed by atoms with Gasteiger partial charge in [-0.3, -0.25) is 4.99 Å². The zero-order chi connectivity index (χ0) is 14.8. The number of benzene rings is 1. The molecule has 5 heteroatoms. The number of hydrogen-bond donors (Lipinski definition) is 1. The molecule has 0 bridgehead atoms. The van der Waals surface area contributed by atoms with E-state index in [2.05, 4.69) is 60.4 Å². The molecular weight excluding hydrogens is 377 g/mol. The summed E-state index contributed by atoms with van der Waals surface area (Å²) in [5.41, 5.74) is 2.67. The Labute approximate surface area is 146 Å². The fourth-order valence-corrected chi connectivity index (χ4v) is 1.94. The highest BCUT2D eigenvalue weighted by Gasteiger charge is 2.06. The van der Waals surface area contributed by atoms with Crippen molar-refractivity contribution in [2.45, 2.75) is 26.8 Å². The molecule has 0 saturated heterocycles. The van der Waals surface area contributed by atoms with Gasteiger partial charge in [0.05, 0.1) is 13.2 Å². The Hall–Kier alpha value is -0.820. The lowest BCUT2D eigenvalue weighted by molar-refractivity contribution is 0.207. The Kier molecular flexibility index (Phi) is 11.3. The first-order valence-electron chi connectivity index (χ1n) is 7.27. The Bertz CT molecular complexity index is 406. The Morgan fingerprint density at radius 1 is 1.19 bits per heavy atom. The van der Waals surface area contributed by atoms with Crippen LogP contribution in [0.15, 0.2) is 29.3 Å². The number of ether oxygens (including phenoxy) is 1. The number of nitrogens with one attached hydrogen (secondary N) is 1. The summed E-state index contributed by atoms with van der Waals surface area (Å²) in [4.78, 5) is 6.68. The number of guanidine groups is 1. The zero-order valence-corrected chi connectivity index (χ0v) is 15.9. The maximum Gasteiger partial charge on any atom is 0.194 e. The Balaban J connectivity index is 0.00000400. The summed E-state index contributed by atoms with van der Waals surface area (Å²) in [7, 11) is 3.75. The van der Waals surface area contributed by atoms with E-state index < -0.39 is 0 Å². The van der Waals surface area contributed by atoms with Crippen LogP contribution in [0, 0.1) is 0 Å². The SMILES string of the molecule is CCNC(=NCCOC)N(C)Cc1ccc(CC)cc1.I. The molecule has 0 unspecified atom stereocenters. The molecule has 1 aromatic carbocycles. The lowest BCUT2D eigenvalue weighted by Crippen LogP contribution is -2.38. The maximum absolute atomic E-state index is 5.04. The average molecular weight is 405 g/mol. The van der Waals surface area contributed by atoms with Crippen LogP contribution in [-0.2, 0) is 17.7 Å². The van der Waals surface area contributed by atoms with Gasteiger partial charge in [-0.2, -0.15) is 0 Å². The minimum Gasteiger partial charge on any atom is -0.383 e. The molecule has 21 heavy (non-hydrogen) atoms. The molecule has 0 spiro atoms. The van der Waals surface area contributed by atoms with Crippen molar-refractivity contribution >= 4 is 29.9 Å². The van der Waals surface area contributed by atoms with Crippen molar-refractivity contribution in [1.29, 1.82) is 0 Å². The minimum absolute atomic E-state index is 0. The first-order valence-corrected chi connectivity index (χ1v) is 7.27. The highest BCUT2D eigenvalue weighted by molar-refractivity contribution is 14.0. The number of nitrogens with zero attached hydrogens (tertiary/aromatic N) is 2. The van der Waals surface area contributed by atoms with Gasteiger partial charge in [0.2, 0.25) is 0 Å². The smallest absolute Gasteiger partial charge is 0.194 e. The van der Waals surface area contributed by atoms with Crippen molar-refractivity contribution in [3.63, 3.8) is 0 Å². The van der Waals surface area contributed by atoms with Gasteiger partial charge in [-0.05, 0) is 24.5 Å². The number of aliphatic imine (C=N–C) groups is 1. The average Bonchev–Trinajstić information content (AvgIpc) is 2.47. The summed E-state index contributed by atoms with van der Waals surface area (Å²) in [6.07, 6.45) is 1.08. The van der Waals surface area contributed by atoms with Crippen LogP contribution in [0.3, 0.4) is 0 Å². The van der Waals surface area contributed by atoms with Gasteiger partial charge in [0, 0.05) is 27.2 Å². The summed E-state index contributed by atoms with van der Waals surface area (Å²) in [5.74, 6) is 0.920. The quantitative estimate of drug-likeness (QED) is 0.328. The molecule has 1 rings (SSSR count). The fourth-order valence-electron chi connectivity index (χ4n) is 1.94. The molecule has 0 heterocycles. The molecule has 0 fully saturated rings. The van der Waals surface area contributed by atoms with E-state index >= 15 is 0 Å². The Morgan fingerprint density at radius 2 is 1.81 bits per heavy atom. The number of hydrogen-bond acceptors (Lipinski definition) is 2. The topological polar surface area (TPSA) is 36.9 Å². The molecule has 0 aliphatic carbocycles. The number of halogens is 1.